The Morgan fingerprint density at radius 1 is 1.18 bits per heavy atom. The van der Waals surface area contributed by atoms with Crippen LogP contribution in [-0.2, 0) is 11.8 Å². The second-order valence-electron chi connectivity index (χ2n) is 5.58. The fourth-order valence-corrected chi connectivity index (χ4v) is 4.51. The smallest absolute Gasteiger partial charge is 0.196 e. The highest BCUT2D eigenvalue weighted by atomic mass is 35.5. The van der Waals surface area contributed by atoms with Gasteiger partial charge in [-0.05, 0) is 35.5 Å². The first-order valence-electron chi connectivity index (χ1n) is 7.18. The van der Waals surface area contributed by atoms with E-state index in [1.807, 2.05) is 43.4 Å². The lowest BCUT2D eigenvalue weighted by Crippen LogP contribution is -2.13. The van der Waals surface area contributed by atoms with Gasteiger partial charge in [0.25, 0.3) is 0 Å². The number of rotatable bonds is 1. The zero-order chi connectivity index (χ0) is 15.3. The van der Waals surface area contributed by atoms with Crippen molar-refractivity contribution in [3.8, 4) is 0 Å². The molecular formula is C18H14ClNOS. The number of nitrogens with zero attached hydrogens (tertiary/aromatic N) is 1. The van der Waals surface area contributed by atoms with Crippen LogP contribution < -0.4 is 0 Å². The molecule has 0 bridgehead atoms. The van der Waals surface area contributed by atoms with E-state index in [1.165, 1.54) is 22.9 Å². The molecule has 1 aliphatic rings. The number of aromatic nitrogens is 1. The van der Waals surface area contributed by atoms with Crippen LogP contribution in [0.5, 0.6) is 0 Å². The van der Waals surface area contributed by atoms with Crippen molar-refractivity contribution < 1.29 is 4.79 Å². The van der Waals surface area contributed by atoms with Crippen LogP contribution in [0.15, 0.2) is 53.6 Å². The Bertz CT molecular complexity index is 885. The summed E-state index contributed by atoms with van der Waals surface area (Å²) >= 11 is 7.56. The molecule has 0 amide bonds. The lowest BCUT2D eigenvalue weighted by molar-refractivity contribution is -0.111. The first kappa shape index (κ1) is 13.9. The SMILES string of the molecule is Cn1c2c(c3cc(Cl)ccc31)[C@@H](c1ccccc1)CC(=O)S2. The largest absolute Gasteiger partial charge is 0.338 e. The summed E-state index contributed by atoms with van der Waals surface area (Å²) < 4.78 is 2.11. The maximum absolute atomic E-state index is 12.2. The molecule has 22 heavy (non-hydrogen) atoms. The molecule has 1 aliphatic heterocycles. The zero-order valence-electron chi connectivity index (χ0n) is 12.0. The van der Waals surface area contributed by atoms with Crippen molar-refractivity contribution >= 4 is 39.4 Å². The third kappa shape index (κ3) is 2.08. The fraction of sp³-hybridized carbons (Fsp3) is 0.167. The van der Waals surface area contributed by atoms with Gasteiger partial charge in [-0.2, -0.15) is 0 Å². The average Bonchev–Trinajstić information content (AvgIpc) is 2.80. The zero-order valence-corrected chi connectivity index (χ0v) is 13.6. The molecule has 0 saturated heterocycles. The van der Waals surface area contributed by atoms with Crippen LogP contribution in [0.25, 0.3) is 10.9 Å². The van der Waals surface area contributed by atoms with Gasteiger partial charge in [0.05, 0.1) is 5.03 Å². The maximum Gasteiger partial charge on any atom is 0.196 e. The maximum atomic E-state index is 12.2. The van der Waals surface area contributed by atoms with E-state index >= 15 is 0 Å². The number of thioether (sulfide) groups is 1. The number of benzene rings is 2. The monoisotopic (exact) mass is 327 g/mol. The van der Waals surface area contributed by atoms with E-state index in [4.69, 9.17) is 11.6 Å². The third-order valence-corrected chi connectivity index (χ3v) is 5.59. The number of halogens is 1. The molecule has 0 unspecified atom stereocenters. The summed E-state index contributed by atoms with van der Waals surface area (Å²) in [6.07, 6.45) is 0.535. The number of carbonyl (C=O) groups is 1. The second-order valence-corrected chi connectivity index (χ2v) is 7.06. The second kappa shape index (κ2) is 5.18. The Morgan fingerprint density at radius 2 is 1.95 bits per heavy atom. The Kier molecular flexibility index (Phi) is 3.28. The highest BCUT2D eigenvalue weighted by Crippen LogP contribution is 2.47. The molecule has 0 saturated carbocycles. The summed E-state index contributed by atoms with van der Waals surface area (Å²) in [5, 5.41) is 3.15. The molecule has 2 aromatic carbocycles. The van der Waals surface area contributed by atoms with Gasteiger partial charge in [-0.3, -0.25) is 4.79 Å². The van der Waals surface area contributed by atoms with E-state index < -0.39 is 0 Å². The van der Waals surface area contributed by atoms with E-state index in [0.29, 0.717) is 6.42 Å². The molecule has 4 heteroatoms. The van der Waals surface area contributed by atoms with Crippen molar-refractivity contribution in [1.29, 1.82) is 0 Å². The van der Waals surface area contributed by atoms with Crippen molar-refractivity contribution in [1.82, 2.24) is 4.57 Å². The molecule has 1 aromatic heterocycles. The van der Waals surface area contributed by atoms with Crippen molar-refractivity contribution in [2.45, 2.75) is 17.4 Å². The first-order valence-corrected chi connectivity index (χ1v) is 8.38. The molecule has 0 spiro atoms. The summed E-state index contributed by atoms with van der Waals surface area (Å²) in [7, 11) is 2.02. The number of hydrogen-bond donors (Lipinski definition) is 0. The fourth-order valence-electron chi connectivity index (χ4n) is 3.27. The molecule has 4 rings (SSSR count). The van der Waals surface area contributed by atoms with E-state index in [2.05, 4.69) is 16.7 Å². The molecule has 3 aromatic rings. The Hall–Kier alpha value is -1.71. The van der Waals surface area contributed by atoms with Gasteiger partial charge in [0.2, 0.25) is 0 Å². The third-order valence-electron chi connectivity index (χ3n) is 4.28. The predicted molar refractivity (Wildman–Crippen MR) is 91.7 cm³/mol. The normalized spacial score (nSPS) is 17.7. The van der Waals surface area contributed by atoms with Crippen LogP contribution in [0.1, 0.15) is 23.5 Å². The Labute approximate surface area is 138 Å². The van der Waals surface area contributed by atoms with Crippen molar-refractivity contribution in [3.05, 3.63) is 64.7 Å². The molecule has 1 atom stereocenters. The minimum absolute atomic E-state index is 0.104. The van der Waals surface area contributed by atoms with Gasteiger partial charge in [-0.15, -0.1) is 0 Å². The summed E-state index contributed by atoms with van der Waals surface area (Å²) in [5.41, 5.74) is 3.54. The Balaban J connectivity index is 2.03. The lowest BCUT2D eigenvalue weighted by atomic mass is 9.88. The first-order chi connectivity index (χ1) is 10.6. The molecule has 0 fully saturated rings. The highest BCUT2D eigenvalue weighted by Gasteiger charge is 2.32. The molecule has 0 radical (unpaired) electrons. The number of hydrogen-bond acceptors (Lipinski definition) is 2. The van der Waals surface area contributed by atoms with Gasteiger partial charge >= 0.3 is 0 Å². The minimum Gasteiger partial charge on any atom is -0.338 e. The predicted octanol–water partition coefficient (Wildman–Crippen LogP) is 4.99. The standard InChI is InChI=1S/C18H14ClNOS/c1-20-15-8-7-12(19)9-14(15)17-13(10-16(21)22-18(17)20)11-5-3-2-4-6-11/h2-9,13H,10H2,1H3/t13-/m1/s1. The van der Waals surface area contributed by atoms with Crippen LogP contribution >= 0.6 is 23.4 Å². The summed E-state index contributed by atoms with van der Waals surface area (Å²) in [5.74, 6) is 0.104. The minimum atomic E-state index is 0.104. The molecule has 0 N–H and O–H groups in total. The molecule has 110 valence electrons. The number of fused-ring (bicyclic) bond motifs is 3. The lowest BCUT2D eigenvalue weighted by Gasteiger charge is -2.23. The molecule has 2 heterocycles. The molecule has 0 aliphatic carbocycles. The van der Waals surface area contributed by atoms with Crippen LogP contribution in [-0.4, -0.2) is 9.68 Å². The van der Waals surface area contributed by atoms with Gasteiger partial charge in [0.1, 0.15) is 0 Å². The summed E-state index contributed by atoms with van der Waals surface area (Å²) in [4.78, 5) is 12.2. The van der Waals surface area contributed by atoms with E-state index in [0.717, 1.165) is 21.0 Å². The van der Waals surface area contributed by atoms with Gasteiger partial charge < -0.3 is 4.57 Å². The van der Waals surface area contributed by atoms with Crippen molar-refractivity contribution in [3.63, 3.8) is 0 Å². The van der Waals surface area contributed by atoms with Crippen molar-refractivity contribution in [2.75, 3.05) is 0 Å². The van der Waals surface area contributed by atoms with Gasteiger partial charge in [0, 0.05) is 40.9 Å². The number of carbonyl (C=O) groups excluding carboxylic acids is 1. The van der Waals surface area contributed by atoms with E-state index in [1.54, 1.807) is 0 Å². The van der Waals surface area contributed by atoms with Crippen LogP contribution in [0.4, 0.5) is 0 Å². The highest BCUT2D eigenvalue weighted by molar-refractivity contribution is 8.13. The van der Waals surface area contributed by atoms with Gasteiger partial charge in [0.15, 0.2) is 5.12 Å². The molecule has 2 nitrogen and oxygen atoms in total. The van der Waals surface area contributed by atoms with Crippen LogP contribution in [0.2, 0.25) is 5.02 Å². The number of aryl methyl sites for hydroxylation is 1. The Morgan fingerprint density at radius 3 is 2.73 bits per heavy atom. The van der Waals surface area contributed by atoms with E-state index in [9.17, 15) is 4.79 Å². The van der Waals surface area contributed by atoms with Gasteiger partial charge in [-0.1, -0.05) is 41.9 Å². The van der Waals surface area contributed by atoms with Gasteiger partial charge in [-0.25, -0.2) is 0 Å². The quantitative estimate of drug-likeness (QED) is 0.628. The summed E-state index contributed by atoms with van der Waals surface area (Å²) in [6, 6.07) is 16.2. The van der Waals surface area contributed by atoms with Crippen LogP contribution in [0.3, 0.4) is 0 Å². The summed E-state index contributed by atoms with van der Waals surface area (Å²) in [6.45, 7) is 0. The average molecular weight is 328 g/mol. The molecular weight excluding hydrogens is 314 g/mol. The van der Waals surface area contributed by atoms with Crippen LogP contribution in [0, 0.1) is 0 Å². The van der Waals surface area contributed by atoms with Crippen molar-refractivity contribution in [2.24, 2.45) is 7.05 Å². The van der Waals surface area contributed by atoms with E-state index in [-0.39, 0.29) is 11.0 Å². The topological polar surface area (TPSA) is 22.0 Å².